The number of nitrogens with one attached hydrogen (secondary N) is 1. The van der Waals surface area contributed by atoms with Gasteiger partial charge in [-0.05, 0) is 13.3 Å². The molecule has 1 amide bonds. The Morgan fingerprint density at radius 2 is 1.75 bits per heavy atom. The van der Waals surface area contributed by atoms with Crippen LogP contribution >= 0.6 is 0 Å². The molecule has 4 nitrogen and oxygen atoms in total. The second-order valence-electron chi connectivity index (χ2n) is 3.16. The van der Waals surface area contributed by atoms with E-state index in [2.05, 4.69) is 5.32 Å². The number of Topliss-reactive ketones (excluding diaryl/α,β-unsaturated/α-hetero) is 1. The lowest BCUT2D eigenvalue weighted by molar-refractivity contribution is -0.124. The summed E-state index contributed by atoms with van der Waals surface area (Å²) in [5.74, 6) is -0.0392. The second-order valence-corrected chi connectivity index (χ2v) is 3.16. The van der Waals surface area contributed by atoms with Crippen molar-refractivity contribution in [1.29, 1.82) is 0 Å². The van der Waals surface area contributed by atoms with E-state index in [1.54, 1.807) is 0 Å². The van der Waals surface area contributed by atoms with Crippen molar-refractivity contribution in [3.05, 3.63) is 0 Å². The maximum absolute atomic E-state index is 11.1. The van der Waals surface area contributed by atoms with Crippen LogP contribution in [0.1, 0.15) is 47.0 Å². The van der Waals surface area contributed by atoms with Crippen molar-refractivity contribution in [1.82, 2.24) is 5.32 Å². The van der Waals surface area contributed by atoms with Crippen molar-refractivity contribution in [3.8, 4) is 0 Å². The van der Waals surface area contributed by atoms with Gasteiger partial charge in [-0.3, -0.25) is 4.79 Å². The molecule has 0 aromatic rings. The van der Waals surface area contributed by atoms with E-state index >= 15 is 0 Å². The molecule has 0 aromatic heterocycles. The minimum atomic E-state index is -0.0831. The zero-order valence-electron chi connectivity index (χ0n) is 11.0. The van der Waals surface area contributed by atoms with Gasteiger partial charge in [0.1, 0.15) is 5.78 Å². The smallest absolute Gasteiger partial charge is 0.220 e. The van der Waals surface area contributed by atoms with Gasteiger partial charge >= 0.3 is 0 Å². The summed E-state index contributed by atoms with van der Waals surface area (Å²) in [4.78, 5) is 21.6. The molecule has 0 fully saturated rings. The van der Waals surface area contributed by atoms with Gasteiger partial charge in [-0.15, -0.1) is 0 Å². The van der Waals surface area contributed by atoms with Gasteiger partial charge in [0, 0.05) is 26.0 Å². The molecular weight excluding hydrogens is 206 g/mol. The van der Waals surface area contributed by atoms with Gasteiger partial charge in [0.05, 0.1) is 6.61 Å². The highest BCUT2D eigenvalue weighted by Gasteiger charge is 2.01. The van der Waals surface area contributed by atoms with Crippen LogP contribution in [-0.2, 0) is 14.3 Å². The fraction of sp³-hybridized carbons (Fsp3) is 0.833. The van der Waals surface area contributed by atoms with E-state index in [1.165, 1.54) is 6.92 Å². The number of carbonyl (C=O) groups is 2. The molecule has 0 saturated heterocycles. The Bertz CT molecular complexity index is 181. The Morgan fingerprint density at radius 1 is 1.12 bits per heavy atom. The third-order valence-corrected chi connectivity index (χ3v) is 1.62. The van der Waals surface area contributed by atoms with Crippen molar-refractivity contribution in [2.75, 3.05) is 19.8 Å². The number of carbonyl (C=O) groups excluding carboxylic acids is 2. The lowest BCUT2D eigenvalue weighted by Crippen LogP contribution is -2.27. The molecule has 0 spiro atoms. The van der Waals surface area contributed by atoms with E-state index in [-0.39, 0.29) is 18.1 Å². The van der Waals surface area contributed by atoms with Crippen molar-refractivity contribution in [2.45, 2.75) is 47.0 Å². The summed E-state index contributed by atoms with van der Waals surface area (Å²) in [6.07, 6.45) is 1.59. The first-order valence-corrected chi connectivity index (χ1v) is 6.00. The Balaban J connectivity index is 0. The molecule has 4 heteroatoms. The Morgan fingerprint density at radius 3 is 2.25 bits per heavy atom. The van der Waals surface area contributed by atoms with Gasteiger partial charge in [-0.25, -0.2) is 0 Å². The van der Waals surface area contributed by atoms with E-state index < -0.39 is 0 Å². The van der Waals surface area contributed by atoms with Gasteiger partial charge in [0.15, 0.2) is 0 Å². The molecule has 0 aliphatic carbocycles. The minimum absolute atomic E-state index is 0.0439. The van der Waals surface area contributed by atoms with Crippen molar-refractivity contribution in [2.24, 2.45) is 0 Å². The first-order valence-electron chi connectivity index (χ1n) is 6.00. The Kier molecular flexibility index (Phi) is 15.4. The summed E-state index contributed by atoms with van der Waals surface area (Å²) in [5.41, 5.74) is 0. The molecule has 0 aliphatic rings. The van der Waals surface area contributed by atoms with Crippen LogP contribution in [0, 0.1) is 0 Å². The lowest BCUT2D eigenvalue weighted by atomic mass is 10.2. The molecule has 0 aromatic carbocycles. The van der Waals surface area contributed by atoms with Gasteiger partial charge in [-0.2, -0.15) is 0 Å². The zero-order chi connectivity index (χ0) is 12.8. The second kappa shape index (κ2) is 14.1. The van der Waals surface area contributed by atoms with Gasteiger partial charge < -0.3 is 14.8 Å². The number of amides is 1. The molecule has 0 bridgehead atoms. The molecule has 16 heavy (non-hydrogen) atoms. The average molecular weight is 231 g/mol. The maximum Gasteiger partial charge on any atom is 0.220 e. The van der Waals surface area contributed by atoms with Crippen molar-refractivity contribution < 1.29 is 14.3 Å². The van der Waals surface area contributed by atoms with Crippen LogP contribution < -0.4 is 5.32 Å². The largest absolute Gasteiger partial charge is 0.380 e. The number of ketones is 1. The average Bonchev–Trinajstić information content (AvgIpc) is 2.29. The van der Waals surface area contributed by atoms with E-state index in [0.717, 1.165) is 13.0 Å². The summed E-state index contributed by atoms with van der Waals surface area (Å²) < 4.78 is 5.18. The third-order valence-electron chi connectivity index (χ3n) is 1.62. The van der Waals surface area contributed by atoms with Crippen molar-refractivity contribution in [3.63, 3.8) is 0 Å². The van der Waals surface area contributed by atoms with Crippen LogP contribution in [0.15, 0.2) is 0 Å². The van der Waals surface area contributed by atoms with Crippen LogP contribution in [0.5, 0.6) is 0 Å². The molecule has 0 radical (unpaired) electrons. The summed E-state index contributed by atoms with van der Waals surface area (Å²) in [5, 5.41) is 2.68. The zero-order valence-corrected chi connectivity index (χ0v) is 11.0. The predicted octanol–water partition coefficient (Wildman–Crippen LogP) is 1.92. The molecule has 0 atom stereocenters. The molecule has 1 N–H and O–H groups in total. The Hall–Kier alpha value is -0.900. The van der Waals surface area contributed by atoms with Crippen LogP contribution in [0.4, 0.5) is 0 Å². The molecule has 96 valence electrons. The van der Waals surface area contributed by atoms with Crippen LogP contribution in [-0.4, -0.2) is 31.4 Å². The molecule has 0 rings (SSSR count). The van der Waals surface area contributed by atoms with E-state index in [1.807, 2.05) is 20.8 Å². The number of hydrogen-bond acceptors (Lipinski definition) is 3. The molecule has 0 aliphatic heterocycles. The summed E-state index contributed by atoms with van der Waals surface area (Å²) >= 11 is 0. The SMILES string of the molecule is CC.CCCOCCNC(=O)CCC(C)=O. The van der Waals surface area contributed by atoms with Crippen LogP contribution in [0.3, 0.4) is 0 Å². The molecule has 0 saturated carbocycles. The normalized spacial score (nSPS) is 9.00. The molecule has 0 unspecified atom stereocenters. The van der Waals surface area contributed by atoms with E-state index in [9.17, 15) is 9.59 Å². The topological polar surface area (TPSA) is 55.4 Å². The van der Waals surface area contributed by atoms with Gasteiger partial charge in [-0.1, -0.05) is 20.8 Å². The van der Waals surface area contributed by atoms with E-state index in [0.29, 0.717) is 19.6 Å². The lowest BCUT2D eigenvalue weighted by Gasteiger charge is -2.04. The first-order chi connectivity index (χ1) is 7.66. The highest BCUT2D eigenvalue weighted by Crippen LogP contribution is 1.89. The molecule has 0 heterocycles. The predicted molar refractivity (Wildman–Crippen MR) is 65.4 cm³/mol. The van der Waals surface area contributed by atoms with Gasteiger partial charge in [0.2, 0.25) is 5.91 Å². The number of ether oxygens (including phenoxy) is 1. The van der Waals surface area contributed by atoms with Crippen molar-refractivity contribution >= 4 is 11.7 Å². The minimum Gasteiger partial charge on any atom is -0.380 e. The third kappa shape index (κ3) is 15.6. The monoisotopic (exact) mass is 231 g/mol. The van der Waals surface area contributed by atoms with E-state index in [4.69, 9.17) is 4.74 Å². The summed E-state index contributed by atoms with van der Waals surface area (Å²) in [6.45, 7) is 9.31. The van der Waals surface area contributed by atoms with Gasteiger partial charge in [0.25, 0.3) is 0 Å². The Labute approximate surface area is 98.7 Å². The number of rotatable bonds is 8. The van der Waals surface area contributed by atoms with Crippen LogP contribution in [0.2, 0.25) is 0 Å². The summed E-state index contributed by atoms with van der Waals surface area (Å²) in [6, 6.07) is 0. The fourth-order valence-corrected chi connectivity index (χ4v) is 0.887. The highest BCUT2D eigenvalue weighted by molar-refractivity contribution is 5.83. The standard InChI is InChI=1S/C10H19NO3.C2H6/c1-3-7-14-8-6-11-10(13)5-4-9(2)12;1-2/h3-8H2,1-2H3,(H,11,13);1-2H3. The quantitative estimate of drug-likeness (QED) is 0.649. The van der Waals surface area contributed by atoms with Crippen LogP contribution in [0.25, 0.3) is 0 Å². The first kappa shape index (κ1) is 17.5. The maximum atomic E-state index is 11.1. The fourth-order valence-electron chi connectivity index (χ4n) is 0.887. The number of hydrogen-bond donors (Lipinski definition) is 1. The summed E-state index contributed by atoms with van der Waals surface area (Å²) in [7, 11) is 0. The molecular formula is C12H25NO3. The highest BCUT2D eigenvalue weighted by atomic mass is 16.5.